The lowest BCUT2D eigenvalue weighted by atomic mass is 9.50. The van der Waals surface area contributed by atoms with Crippen LogP contribution in [0.4, 0.5) is 5.69 Å². The second-order valence-corrected chi connectivity index (χ2v) is 11.6. The van der Waals surface area contributed by atoms with Gasteiger partial charge in [0, 0.05) is 35.8 Å². The van der Waals surface area contributed by atoms with Crippen LogP contribution >= 0.6 is 0 Å². The molecule has 3 fully saturated rings. The largest absolute Gasteiger partial charge is 0.469 e. The Morgan fingerprint density at radius 2 is 1.79 bits per heavy atom. The van der Waals surface area contributed by atoms with Crippen LogP contribution in [0.3, 0.4) is 0 Å². The third-order valence-corrected chi connectivity index (χ3v) is 9.06. The Morgan fingerprint density at radius 1 is 1.08 bits per heavy atom. The molecular formula is C32H36N4O3. The lowest BCUT2D eigenvalue weighted by Crippen LogP contribution is -2.57. The maximum atomic E-state index is 13.6. The van der Waals surface area contributed by atoms with Crippen LogP contribution in [0.2, 0.25) is 0 Å². The zero-order chi connectivity index (χ0) is 27.1. The number of nitrogens with zero attached hydrogens (tertiary/aromatic N) is 3. The minimum atomic E-state index is -0.112. The van der Waals surface area contributed by atoms with Gasteiger partial charge in [0.05, 0.1) is 36.3 Å². The van der Waals surface area contributed by atoms with Crippen LogP contribution in [-0.4, -0.2) is 47.9 Å². The van der Waals surface area contributed by atoms with Crippen LogP contribution in [0.15, 0.2) is 42.6 Å². The highest BCUT2D eigenvalue weighted by Crippen LogP contribution is 2.59. The summed E-state index contributed by atoms with van der Waals surface area (Å²) >= 11 is 0. The minimum absolute atomic E-state index is 0.0127. The van der Waals surface area contributed by atoms with Crippen molar-refractivity contribution in [3.8, 4) is 11.8 Å². The highest BCUT2D eigenvalue weighted by molar-refractivity contribution is 6.07. The number of amides is 1. The van der Waals surface area contributed by atoms with E-state index in [0.29, 0.717) is 5.56 Å². The summed E-state index contributed by atoms with van der Waals surface area (Å²) in [5.41, 5.74) is 4.89. The standard InChI is InChI=1S/C32H36N4O3/c1-4-7-23-10-13-27(30(37)34-25-18-32(19-25)16-24(17-32)31(38)39-3)29-28(23)20-33-36(29)21(2)22-8-11-26(12-9-22)35-14-5-6-15-35/h8-13,20-21,24-25H,5-6,14-19H2,1-3H3,(H,34,37). The van der Waals surface area contributed by atoms with E-state index in [9.17, 15) is 9.59 Å². The first kappa shape index (κ1) is 25.5. The molecule has 1 aromatic heterocycles. The first-order valence-corrected chi connectivity index (χ1v) is 14.1. The zero-order valence-electron chi connectivity index (χ0n) is 23.0. The molecule has 6 rings (SSSR count). The third-order valence-electron chi connectivity index (χ3n) is 9.06. The number of hydrogen-bond donors (Lipinski definition) is 1. The fraction of sp³-hybridized carbons (Fsp3) is 0.469. The fourth-order valence-electron chi connectivity index (χ4n) is 6.97. The third kappa shape index (κ3) is 4.56. The van der Waals surface area contributed by atoms with E-state index >= 15 is 0 Å². The van der Waals surface area contributed by atoms with E-state index in [0.717, 1.165) is 60.8 Å². The molecule has 2 aromatic carbocycles. The smallest absolute Gasteiger partial charge is 0.308 e. The number of anilines is 1. The number of carbonyl (C=O) groups excluding carboxylic acids is 2. The van der Waals surface area contributed by atoms with Crippen LogP contribution in [0.25, 0.3) is 10.9 Å². The number of nitrogens with one attached hydrogen (secondary N) is 1. The van der Waals surface area contributed by atoms with Crippen molar-refractivity contribution in [2.24, 2.45) is 11.3 Å². The molecule has 202 valence electrons. The van der Waals surface area contributed by atoms with Gasteiger partial charge in [-0.1, -0.05) is 18.1 Å². The topological polar surface area (TPSA) is 76.5 Å². The van der Waals surface area contributed by atoms with Crippen LogP contribution in [0, 0.1) is 23.2 Å². The summed E-state index contributed by atoms with van der Waals surface area (Å²) in [4.78, 5) is 27.8. The Hall–Kier alpha value is -3.79. The summed E-state index contributed by atoms with van der Waals surface area (Å²) in [6.45, 7) is 6.18. The molecule has 7 heteroatoms. The molecule has 0 bridgehead atoms. The number of methoxy groups -OCH3 is 1. The molecule has 2 saturated carbocycles. The second kappa shape index (κ2) is 10.1. The average Bonchev–Trinajstić information content (AvgIpc) is 3.60. The Kier molecular flexibility index (Phi) is 6.58. The van der Waals surface area contributed by atoms with Gasteiger partial charge in [-0.05, 0) is 87.6 Å². The van der Waals surface area contributed by atoms with Gasteiger partial charge in [0.1, 0.15) is 0 Å². The zero-order valence-corrected chi connectivity index (χ0v) is 23.0. The highest BCUT2D eigenvalue weighted by atomic mass is 16.5. The monoisotopic (exact) mass is 524 g/mol. The Bertz CT molecular complexity index is 1460. The van der Waals surface area contributed by atoms with Crippen LogP contribution in [0.5, 0.6) is 0 Å². The van der Waals surface area contributed by atoms with E-state index in [-0.39, 0.29) is 35.3 Å². The molecule has 0 radical (unpaired) electrons. The molecule has 39 heavy (non-hydrogen) atoms. The summed E-state index contributed by atoms with van der Waals surface area (Å²) in [6, 6.07) is 12.6. The molecular weight excluding hydrogens is 488 g/mol. The van der Waals surface area contributed by atoms with Gasteiger partial charge >= 0.3 is 5.97 Å². The predicted molar refractivity (Wildman–Crippen MR) is 152 cm³/mol. The average molecular weight is 525 g/mol. The molecule has 1 spiro atoms. The lowest BCUT2D eigenvalue weighted by Gasteiger charge is -2.56. The van der Waals surface area contributed by atoms with Crippen molar-refractivity contribution in [2.45, 2.75) is 64.5 Å². The molecule has 7 nitrogen and oxygen atoms in total. The van der Waals surface area contributed by atoms with Gasteiger partial charge in [-0.3, -0.25) is 14.3 Å². The van der Waals surface area contributed by atoms with E-state index < -0.39 is 0 Å². The molecule has 3 aliphatic rings. The first-order valence-electron chi connectivity index (χ1n) is 14.1. The van der Waals surface area contributed by atoms with Gasteiger partial charge in [0.2, 0.25) is 0 Å². The molecule has 1 aliphatic heterocycles. The number of fused-ring (bicyclic) bond motifs is 1. The molecule has 1 saturated heterocycles. The normalized spacial score (nSPS) is 24.4. The van der Waals surface area contributed by atoms with E-state index in [2.05, 4.69) is 53.2 Å². The summed E-state index contributed by atoms with van der Waals surface area (Å²) < 4.78 is 6.85. The fourth-order valence-corrected chi connectivity index (χ4v) is 6.97. The van der Waals surface area contributed by atoms with E-state index in [1.54, 1.807) is 0 Å². The Labute approximate surface area is 229 Å². The van der Waals surface area contributed by atoms with Crippen molar-refractivity contribution in [1.29, 1.82) is 0 Å². The van der Waals surface area contributed by atoms with E-state index in [1.165, 1.54) is 25.6 Å². The summed E-state index contributed by atoms with van der Waals surface area (Å²) in [7, 11) is 1.45. The van der Waals surface area contributed by atoms with Crippen molar-refractivity contribution in [2.75, 3.05) is 25.1 Å². The molecule has 2 aliphatic carbocycles. The summed E-state index contributed by atoms with van der Waals surface area (Å²) in [5, 5.41) is 8.91. The van der Waals surface area contributed by atoms with Crippen molar-refractivity contribution in [3.63, 3.8) is 0 Å². The van der Waals surface area contributed by atoms with Gasteiger partial charge in [-0.2, -0.15) is 5.10 Å². The number of rotatable bonds is 6. The maximum absolute atomic E-state index is 13.6. The number of benzene rings is 2. The molecule has 1 atom stereocenters. The van der Waals surface area contributed by atoms with E-state index in [1.807, 2.05) is 29.9 Å². The van der Waals surface area contributed by atoms with Crippen LogP contribution in [0.1, 0.15) is 79.9 Å². The summed E-state index contributed by atoms with van der Waals surface area (Å²) in [6.07, 6.45) is 7.88. The highest BCUT2D eigenvalue weighted by Gasteiger charge is 2.55. The van der Waals surface area contributed by atoms with Gasteiger partial charge < -0.3 is 15.0 Å². The van der Waals surface area contributed by atoms with Gasteiger partial charge in [-0.25, -0.2) is 0 Å². The SMILES string of the molecule is CC#Cc1ccc(C(=O)NC2CC3(C2)CC(C(=O)OC)C3)c2c1cnn2C(C)c1ccc(N2CCCC2)cc1. The first-order chi connectivity index (χ1) is 18.9. The number of ether oxygens (including phenoxy) is 1. The molecule has 1 unspecified atom stereocenters. The number of aromatic nitrogens is 2. The van der Waals surface area contributed by atoms with Crippen molar-refractivity contribution >= 4 is 28.5 Å². The minimum Gasteiger partial charge on any atom is -0.469 e. The van der Waals surface area contributed by atoms with Gasteiger partial charge in [0.25, 0.3) is 5.91 Å². The Morgan fingerprint density at radius 3 is 2.46 bits per heavy atom. The molecule has 1 amide bonds. The van der Waals surface area contributed by atoms with Crippen molar-refractivity contribution < 1.29 is 14.3 Å². The lowest BCUT2D eigenvalue weighted by molar-refractivity contribution is -0.159. The second-order valence-electron chi connectivity index (χ2n) is 11.6. The van der Waals surface area contributed by atoms with E-state index in [4.69, 9.17) is 9.84 Å². The quantitative estimate of drug-likeness (QED) is 0.360. The van der Waals surface area contributed by atoms with Crippen LogP contribution < -0.4 is 10.2 Å². The van der Waals surface area contributed by atoms with Crippen molar-refractivity contribution in [1.82, 2.24) is 15.1 Å². The molecule has 3 aromatic rings. The predicted octanol–water partition coefficient (Wildman–Crippen LogP) is 5.08. The van der Waals surface area contributed by atoms with Gasteiger partial charge in [0.15, 0.2) is 0 Å². The number of hydrogen-bond acceptors (Lipinski definition) is 5. The molecule has 1 N–H and O–H groups in total. The number of carbonyl (C=O) groups is 2. The van der Waals surface area contributed by atoms with Crippen LogP contribution in [-0.2, 0) is 9.53 Å². The molecule has 2 heterocycles. The van der Waals surface area contributed by atoms with Crippen molar-refractivity contribution in [3.05, 3.63) is 59.3 Å². The van der Waals surface area contributed by atoms with Gasteiger partial charge in [-0.15, -0.1) is 5.92 Å². The number of esters is 1. The maximum Gasteiger partial charge on any atom is 0.308 e. The Balaban J connectivity index is 1.23. The summed E-state index contributed by atoms with van der Waals surface area (Å²) in [5.74, 6) is 5.98.